The fraction of sp³-hybridized carbons (Fsp3) is 0.467. The molecule has 0 saturated carbocycles. The number of hydrogen-bond donors (Lipinski definition) is 0. The maximum absolute atomic E-state index is 5.55. The molecule has 1 aromatic carbocycles. The van der Waals surface area contributed by atoms with Crippen molar-refractivity contribution in [2.45, 2.75) is 19.8 Å². The quantitative estimate of drug-likeness (QED) is 0.427. The maximum Gasteiger partial charge on any atom is 0.119 e. The van der Waals surface area contributed by atoms with E-state index in [-0.39, 0.29) is 0 Å². The average molecular weight is 267 g/mol. The Kier molecular flexibility index (Phi) is 8.12. The van der Waals surface area contributed by atoms with Gasteiger partial charge < -0.3 is 9.47 Å². The summed E-state index contributed by atoms with van der Waals surface area (Å²) in [6.07, 6.45) is 1.75. The first-order valence-corrected chi connectivity index (χ1v) is 6.75. The number of ether oxygens (including phenoxy) is 2. The molecule has 0 bridgehead atoms. The van der Waals surface area contributed by atoms with Crippen LogP contribution in [0.2, 0.25) is 0 Å². The second-order valence-electron chi connectivity index (χ2n) is 3.73. The zero-order valence-electron chi connectivity index (χ0n) is 10.7. The second-order valence-corrected chi connectivity index (χ2v) is 4.10. The minimum absolute atomic E-state index is 0.575. The van der Waals surface area contributed by atoms with E-state index in [9.17, 15) is 0 Å². The molecule has 0 saturated heterocycles. The van der Waals surface area contributed by atoms with E-state index in [1.165, 1.54) is 0 Å². The van der Waals surface area contributed by atoms with Crippen LogP contribution in [-0.4, -0.2) is 25.7 Å². The Hall–Kier alpha value is -1.17. The predicted octanol–water partition coefficient (Wildman–Crippen LogP) is 3.47. The average Bonchev–Trinajstić information content (AvgIpc) is 2.40. The zero-order valence-corrected chi connectivity index (χ0v) is 11.5. The van der Waals surface area contributed by atoms with E-state index >= 15 is 0 Å². The van der Waals surface area contributed by atoms with E-state index < -0.39 is 0 Å². The molecule has 0 fully saturated rings. The van der Waals surface area contributed by atoms with Crippen molar-refractivity contribution < 1.29 is 9.47 Å². The van der Waals surface area contributed by atoms with Crippen LogP contribution in [0.1, 0.15) is 25.3 Å². The molecule has 0 aliphatic rings. The SMILES string of the molecule is CCCOCCOc1ccc(C#CCCCl)cc1. The Morgan fingerprint density at radius 3 is 2.56 bits per heavy atom. The Labute approximate surface area is 114 Å². The van der Waals surface area contributed by atoms with Crippen molar-refractivity contribution >= 4 is 11.6 Å². The molecule has 0 aliphatic carbocycles. The summed E-state index contributed by atoms with van der Waals surface area (Å²) < 4.78 is 10.9. The van der Waals surface area contributed by atoms with Gasteiger partial charge in [-0.3, -0.25) is 0 Å². The van der Waals surface area contributed by atoms with Gasteiger partial charge in [0.15, 0.2) is 0 Å². The molecular formula is C15H19ClO2. The lowest BCUT2D eigenvalue weighted by molar-refractivity contribution is 0.101. The van der Waals surface area contributed by atoms with Crippen molar-refractivity contribution in [2.24, 2.45) is 0 Å². The third kappa shape index (κ3) is 6.54. The molecule has 1 aromatic rings. The summed E-state index contributed by atoms with van der Waals surface area (Å²) in [5, 5.41) is 0. The van der Waals surface area contributed by atoms with Crippen molar-refractivity contribution in [3.8, 4) is 17.6 Å². The predicted molar refractivity (Wildman–Crippen MR) is 75.3 cm³/mol. The molecule has 0 aromatic heterocycles. The van der Waals surface area contributed by atoms with E-state index in [0.29, 0.717) is 25.5 Å². The van der Waals surface area contributed by atoms with Crippen LogP contribution in [0.15, 0.2) is 24.3 Å². The van der Waals surface area contributed by atoms with Crippen LogP contribution < -0.4 is 4.74 Å². The summed E-state index contributed by atoms with van der Waals surface area (Å²) in [5.41, 5.74) is 0.981. The highest BCUT2D eigenvalue weighted by Crippen LogP contribution is 2.11. The summed E-state index contributed by atoms with van der Waals surface area (Å²) in [6.45, 7) is 4.09. The standard InChI is InChI=1S/C15H19ClO2/c1-2-11-17-12-13-18-15-8-6-14(7-9-15)5-3-4-10-16/h6-9H,2,4,10-13H2,1H3. The minimum atomic E-state index is 0.575. The highest BCUT2D eigenvalue weighted by molar-refractivity contribution is 6.18. The molecule has 0 atom stereocenters. The molecule has 0 amide bonds. The molecule has 0 radical (unpaired) electrons. The van der Waals surface area contributed by atoms with Crippen LogP contribution in [0, 0.1) is 11.8 Å². The van der Waals surface area contributed by atoms with Crippen LogP contribution in [-0.2, 0) is 4.74 Å². The lowest BCUT2D eigenvalue weighted by Crippen LogP contribution is -2.06. The fourth-order valence-electron chi connectivity index (χ4n) is 1.31. The smallest absolute Gasteiger partial charge is 0.119 e. The van der Waals surface area contributed by atoms with Crippen LogP contribution in [0.4, 0.5) is 0 Å². The highest BCUT2D eigenvalue weighted by Gasteiger charge is 1.94. The van der Waals surface area contributed by atoms with Gasteiger partial charge in [-0.2, -0.15) is 0 Å². The molecular weight excluding hydrogens is 248 g/mol. The van der Waals surface area contributed by atoms with Crippen molar-refractivity contribution in [1.82, 2.24) is 0 Å². The fourth-order valence-corrected chi connectivity index (χ4v) is 1.41. The van der Waals surface area contributed by atoms with Crippen LogP contribution in [0.3, 0.4) is 0 Å². The van der Waals surface area contributed by atoms with E-state index in [1.807, 2.05) is 24.3 Å². The van der Waals surface area contributed by atoms with Gasteiger partial charge in [0.05, 0.1) is 6.61 Å². The first-order valence-electron chi connectivity index (χ1n) is 6.22. The Morgan fingerprint density at radius 1 is 1.11 bits per heavy atom. The van der Waals surface area contributed by atoms with Crippen molar-refractivity contribution in [3.63, 3.8) is 0 Å². The molecule has 0 N–H and O–H groups in total. The minimum Gasteiger partial charge on any atom is -0.491 e. The monoisotopic (exact) mass is 266 g/mol. The highest BCUT2D eigenvalue weighted by atomic mass is 35.5. The molecule has 0 unspecified atom stereocenters. The Bertz CT molecular complexity index is 376. The molecule has 3 heteroatoms. The van der Waals surface area contributed by atoms with Gasteiger partial charge in [0, 0.05) is 24.5 Å². The van der Waals surface area contributed by atoms with Gasteiger partial charge in [-0.25, -0.2) is 0 Å². The Balaban J connectivity index is 2.30. The van der Waals surface area contributed by atoms with Gasteiger partial charge in [0.1, 0.15) is 12.4 Å². The topological polar surface area (TPSA) is 18.5 Å². The molecule has 1 rings (SSSR count). The molecule has 0 aliphatic heterocycles. The van der Waals surface area contributed by atoms with Crippen LogP contribution in [0.5, 0.6) is 5.75 Å². The van der Waals surface area contributed by atoms with Crippen molar-refractivity contribution in [3.05, 3.63) is 29.8 Å². The summed E-state index contributed by atoms with van der Waals surface area (Å²) in [7, 11) is 0. The van der Waals surface area contributed by atoms with Gasteiger partial charge in [0.25, 0.3) is 0 Å². The lowest BCUT2D eigenvalue weighted by atomic mass is 10.2. The van der Waals surface area contributed by atoms with E-state index in [4.69, 9.17) is 21.1 Å². The normalized spacial score (nSPS) is 9.67. The Morgan fingerprint density at radius 2 is 1.89 bits per heavy atom. The number of rotatable bonds is 7. The summed E-state index contributed by atoms with van der Waals surface area (Å²) in [5.74, 6) is 7.46. The van der Waals surface area contributed by atoms with Crippen molar-refractivity contribution in [1.29, 1.82) is 0 Å². The second kappa shape index (κ2) is 9.82. The number of hydrogen-bond acceptors (Lipinski definition) is 2. The van der Waals surface area contributed by atoms with Crippen LogP contribution in [0.25, 0.3) is 0 Å². The molecule has 0 spiro atoms. The first kappa shape index (κ1) is 14.9. The third-order valence-corrected chi connectivity index (χ3v) is 2.34. The lowest BCUT2D eigenvalue weighted by Gasteiger charge is -2.06. The molecule has 18 heavy (non-hydrogen) atoms. The number of alkyl halides is 1. The summed E-state index contributed by atoms with van der Waals surface area (Å²) in [6, 6.07) is 7.74. The summed E-state index contributed by atoms with van der Waals surface area (Å²) in [4.78, 5) is 0. The number of halogens is 1. The maximum atomic E-state index is 5.55. The molecule has 0 heterocycles. The zero-order chi connectivity index (χ0) is 13.1. The van der Waals surface area contributed by atoms with E-state index in [1.54, 1.807) is 0 Å². The van der Waals surface area contributed by atoms with E-state index in [0.717, 1.165) is 24.3 Å². The summed E-state index contributed by atoms with van der Waals surface area (Å²) >= 11 is 5.55. The molecule has 2 nitrogen and oxygen atoms in total. The largest absolute Gasteiger partial charge is 0.491 e. The van der Waals surface area contributed by atoms with Crippen molar-refractivity contribution in [2.75, 3.05) is 25.7 Å². The third-order valence-electron chi connectivity index (χ3n) is 2.15. The van der Waals surface area contributed by atoms with Crippen LogP contribution >= 0.6 is 11.6 Å². The van der Waals surface area contributed by atoms with Gasteiger partial charge in [-0.15, -0.1) is 11.6 Å². The van der Waals surface area contributed by atoms with Gasteiger partial charge in [-0.1, -0.05) is 18.8 Å². The first-order chi connectivity index (χ1) is 8.86. The van der Waals surface area contributed by atoms with Gasteiger partial charge in [0.2, 0.25) is 0 Å². The number of benzene rings is 1. The van der Waals surface area contributed by atoms with E-state index in [2.05, 4.69) is 18.8 Å². The molecule has 98 valence electrons. The van der Waals surface area contributed by atoms with Gasteiger partial charge in [-0.05, 0) is 30.7 Å². The van der Waals surface area contributed by atoms with Gasteiger partial charge >= 0.3 is 0 Å².